The number of pyridine rings is 1. The van der Waals surface area contributed by atoms with E-state index >= 15 is 0 Å². The van der Waals surface area contributed by atoms with Gasteiger partial charge in [0.1, 0.15) is 0 Å². The smallest absolute Gasteiger partial charge is 0.0674 e. The highest BCUT2D eigenvalue weighted by Crippen LogP contribution is 2.23. The van der Waals surface area contributed by atoms with Gasteiger partial charge < -0.3 is 10.6 Å². The number of nitrogens with two attached hydrogens (primary N) is 1. The van der Waals surface area contributed by atoms with Crippen molar-refractivity contribution in [2.24, 2.45) is 5.73 Å². The molecule has 0 spiro atoms. The molecule has 4 heteroatoms. The van der Waals surface area contributed by atoms with Crippen molar-refractivity contribution in [3.63, 3.8) is 0 Å². The molecule has 0 aliphatic rings. The van der Waals surface area contributed by atoms with Gasteiger partial charge in [-0.1, -0.05) is 19.9 Å². The van der Waals surface area contributed by atoms with Crippen LogP contribution in [0.25, 0.3) is 0 Å². The van der Waals surface area contributed by atoms with E-state index in [1.165, 1.54) is 0 Å². The Morgan fingerprint density at radius 2 is 1.90 bits per heavy atom. The van der Waals surface area contributed by atoms with Crippen LogP contribution in [0, 0.1) is 0 Å². The number of hydrogen-bond donors (Lipinski definition) is 1. The summed E-state index contributed by atoms with van der Waals surface area (Å²) in [4.78, 5) is 9.24. The van der Waals surface area contributed by atoms with Crippen LogP contribution in [0.3, 0.4) is 0 Å². The van der Waals surface area contributed by atoms with Gasteiger partial charge in [-0.25, -0.2) is 0 Å². The van der Waals surface area contributed by atoms with Crippen molar-refractivity contribution >= 4 is 0 Å². The van der Waals surface area contributed by atoms with Crippen LogP contribution in [0.1, 0.15) is 38.4 Å². The Morgan fingerprint density at radius 1 is 1.15 bits per heavy atom. The predicted molar refractivity (Wildman–Crippen MR) is 85.7 cm³/mol. The van der Waals surface area contributed by atoms with E-state index in [-0.39, 0.29) is 12.1 Å². The SMILES string of the molecule is CCCN(CCN(C)C)C(c1ccccn1)C(N)CC. The van der Waals surface area contributed by atoms with E-state index in [0.29, 0.717) is 0 Å². The van der Waals surface area contributed by atoms with Crippen LogP contribution in [0.15, 0.2) is 24.4 Å². The molecule has 1 aromatic heterocycles. The highest BCUT2D eigenvalue weighted by Gasteiger charge is 2.26. The molecule has 0 amide bonds. The van der Waals surface area contributed by atoms with Gasteiger partial charge in [0, 0.05) is 25.3 Å². The first-order valence-electron chi connectivity index (χ1n) is 7.65. The number of hydrogen-bond acceptors (Lipinski definition) is 4. The first-order valence-corrected chi connectivity index (χ1v) is 7.65. The summed E-state index contributed by atoms with van der Waals surface area (Å²) in [5.74, 6) is 0. The molecule has 0 bridgehead atoms. The van der Waals surface area contributed by atoms with Crippen molar-refractivity contribution < 1.29 is 0 Å². The highest BCUT2D eigenvalue weighted by molar-refractivity contribution is 5.11. The van der Waals surface area contributed by atoms with Crippen molar-refractivity contribution in [3.8, 4) is 0 Å². The molecule has 1 aromatic rings. The van der Waals surface area contributed by atoms with Crippen molar-refractivity contribution in [1.29, 1.82) is 0 Å². The Balaban J connectivity index is 2.92. The molecule has 114 valence electrons. The molecule has 1 heterocycles. The summed E-state index contributed by atoms with van der Waals surface area (Å²) in [5, 5.41) is 0. The Bertz CT molecular complexity index is 353. The third kappa shape index (κ3) is 5.19. The third-order valence-corrected chi connectivity index (χ3v) is 3.61. The van der Waals surface area contributed by atoms with E-state index < -0.39 is 0 Å². The van der Waals surface area contributed by atoms with Gasteiger partial charge in [0.05, 0.1) is 11.7 Å². The lowest BCUT2D eigenvalue weighted by Gasteiger charge is -2.35. The summed E-state index contributed by atoms with van der Waals surface area (Å²) in [6.07, 6.45) is 3.96. The molecule has 2 N–H and O–H groups in total. The van der Waals surface area contributed by atoms with E-state index in [0.717, 1.165) is 38.2 Å². The van der Waals surface area contributed by atoms with Crippen molar-refractivity contribution in [2.75, 3.05) is 33.7 Å². The van der Waals surface area contributed by atoms with Crippen LogP contribution in [-0.2, 0) is 0 Å². The molecule has 20 heavy (non-hydrogen) atoms. The molecule has 1 rings (SSSR count). The summed E-state index contributed by atoms with van der Waals surface area (Å²) in [6, 6.07) is 6.44. The molecule has 4 nitrogen and oxygen atoms in total. The van der Waals surface area contributed by atoms with Crippen LogP contribution in [0.4, 0.5) is 0 Å². The highest BCUT2D eigenvalue weighted by atomic mass is 15.2. The van der Waals surface area contributed by atoms with Crippen molar-refractivity contribution in [1.82, 2.24) is 14.8 Å². The maximum Gasteiger partial charge on any atom is 0.0674 e. The monoisotopic (exact) mass is 278 g/mol. The maximum atomic E-state index is 6.39. The minimum atomic E-state index is 0.124. The molecule has 0 aliphatic carbocycles. The van der Waals surface area contributed by atoms with Crippen LogP contribution in [0.2, 0.25) is 0 Å². The third-order valence-electron chi connectivity index (χ3n) is 3.61. The standard InChI is InChI=1S/C16H30N4/c1-5-11-20(13-12-19(3)4)16(14(17)6-2)15-9-7-8-10-18-15/h7-10,14,16H,5-6,11-13,17H2,1-4H3. The van der Waals surface area contributed by atoms with E-state index in [4.69, 9.17) is 5.73 Å². The van der Waals surface area contributed by atoms with Gasteiger partial charge in [-0.2, -0.15) is 0 Å². The molecule has 2 atom stereocenters. The van der Waals surface area contributed by atoms with Gasteiger partial charge in [0.15, 0.2) is 0 Å². The molecule has 2 unspecified atom stereocenters. The first kappa shape index (κ1) is 17.1. The second-order valence-electron chi connectivity index (χ2n) is 5.61. The zero-order valence-corrected chi connectivity index (χ0v) is 13.4. The fraction of sp³-hybridized carbons (Fsp3) is 0.688. The Morgan fingerprint density at radius 3 is 2.40 bits per heavy atom. The van der Waals surface area contributed by atoms with Gasteiger partial charge in [-0.3, -0.25) is 9.88 Å². The van der Waals surface area contributed by atoms with Crippen LogP contribution in [0.5, 0.6) is 0 Å². The molecule has 0 saturated heterocycles. The second kappa shape index (κ2) is 9.06. The number of nitrogens with zero attached hydrogens (tertiary/aromatic N) is 3. The van der Waals surface area contributed by atoms with Gasteiger partial charge in [0.2, 0.25) is 0 Å². The van der Waals surface area contributed by atoms with Crippen molar-refractivity contribution in [2.45, 2.75) is 38.8 Å². The number of aromatic nitrogens is 1. The molecule has 0 fully saturated rings. The van der Waals surface area contributed by atoms with Gasteiger partial charge in [-0.15, -0.1) is 0 Å². The lowest BCUT2D eigenvalue weighted by Crippen LogP contribution is -2.44. The average Bonchev–Trinajstić information content (AvgIpc) is 2.45. The van der Waals surface area contributed by atoms with Crippen LogP contribution >= 0.6 is 0 Å². The fourth-order valence-electron chi connectivity index (χ4n) is 2.46. The Labute approximate surface area is 124 Å². The van der Waals surface area contributed by atoms with E-state index in [1.807, 2.05) is 18.3 Å². The summed E-state index contributed by atoms with van der Waals surface area (Å²) < 4.78 is 0. The summed E-state index contributed by atoms with van der Waals surface area (Å²) in [7, 11) is 4.22. The zero-order valence-electron chi connectivity index (χ0n) is 13.4. The van der Waals surface area contributed by atoms with E-state index in [9.17, 15) is 0 Å². The zero-order chi connectivity index (χ0) is 15.0. The fourth-order valence-corrected chi connectivity index (χ4v) is 2.46. The minimum Gasteiger partial charge on any atom is -0.326 e. The molecular formula is C16H30N4. The van der Waals surface area contributed by atoms with Gasteiger partial charge in [-0.05, 0) is 45.6 Å². The molecular weight excluding hydrogens is 248 g/mol. The van der Waals surface area contributed by atoms with Crippen LogP contribution < -0.4 is 5.73 Å². The van der Waals surface area contributed by atoms with Gasteiger partial charge in [0.25, 0.3) is 0 Å². The normalized spacial score (nSPS) is 14.8. The van der Waals surface area contributed by atoms with E-state index in [2.05, 4.69) is 48.8 Å². The predicted octanol–water partition coefficient (Wildman–Crippen LogP) is 2.13. The molecule has 0 aliphatic heterocycles. The summed E-state index contributed by atoms with van der Waals surface area (Å²) in [5.41, 5.74) is 7.48. The Kier molecular flexibility index (Phi) is 7.73. The lowest BCUT2D eigenvalue weighted by molar-refractivity contribution is 0.152. The summed E-state index contributed by atoms with van der Waals surface area (Å²) in [6.45, 7) is 7.49. The van der Waals surface area contributed by atoms with Crippen molar-refractivity contribution in [3.05, 3.63) is 30.1 Å². The van der Waals surface area contributed by atoms with Gasteiger partial charge >= 0.3 is 0 Å². The second-order valence-corrected chi connectivity index (χ2v) is 5.61. The number of rotatable bonds is 9. The average molecular weight is 278 g/mol. The van der Waals surface area contributed by atoms with E-state index in [1.54, 1.807) is 0 Å². The molecule has 0 aromatic carbocycles. The first-order chi connectivity index (χ1) is 9.60. The topological polar surface area (TPSA) is 45.4 Å². The summed E-state index contributed by atoms with van der Waals surface area (Å²) >= 11 is 0. The largest absolute Gasteiger partial charge is 0.326 e. The molecule has 0 radical (unpaired) electrons. The lowest BCUT2D eigenvalue weighted by atomic mass is 10.00. The minimum absolute atomic E-state index is 0.124. The quantitative estimate of drug-likeness (QED) is 0.751. The number of likely N-dealkylation sites (N-methyl/N-ethyl adjacent to an activating group) is 1. The molecule has 0 saturated carbocycles. The Hall–Kier alpha value is -0.970. The maximum absolute atomic E-state index is 6.39. The van der Waals surface area contributed by atoms with Crippen LogP contribution in [-0.4, -0.2) is 54.6 Å².